The second-order valence-electron chi connectivity index (χ2n) is 9.42. The van der Waals surface area contributed by atoms with Gasteiger partial charge >= 0.3 is 0 Å². The first-order valence-electron chi connectivity index (χ1n) is 12.3. The number of aromatic nitrogens is 3. The van der Waals surface area contributed by atoms with Gasteiger partial charge in [-0.2, -0.15) is 4.98 Å². The number of nitrogens with two attached hydrogens (primary N) is 1. The van der Waals surface area contributed by atoms with Crippen molar-refractivity contribution in [2.75, 3.05) is 23.4 Å². The highest BCUT2D eigenvalue weighted by Crippen LogP contribution is 2.33. The van der Waals surface area contributed by atoms with Crippen LogP contribution in [0.15, 0.2) is 47.1 Å². The molecular formula is C27H33N7O. The van der Waals surface area contributed by atoms with Crippen LogP contribution in [-0.4, -0.2) is 28.0 Å². The molecule has 35 heavy (non-hydrogen) atoms. The Morgan fingerprint density at radius 1 is 1.03 bits per heavy atom. The Morgan fingerprint density at radius 2 is 1.80 bits per heavy atom. The number of benzene rings is 2. The Morgan fingerprint density at radius 3 is 2.54 bits per heavy atom. The van der Waals surface area contributed by atoms with E-state index in [0.717, 1.165) is 52.1 Å². The number of nitrogens with zero attached hydrogens (tertiary/aromatic N) is 3. The van der Waals surface area contributed by atoms with Gasteiger partial charge in [-0.1, -0.05) is 37.5 Å². The number of hydrogen-bond donors (Lipinski definition) is 4. The molecule has 1 atom stereocenters. The van der Waals surface area contributed by atoms with Gasteiger partial charge in [0.25, 0.3) is 6.01 Å². The lowest BCUT2D eigenvalue weighted by Gasteiger charge is -2.27. The number of aryl methyl sites for hydroxylation is 2. The Hall–Kier alpha value is -3.65. The zero-order valence-electron chi connectivity index (χ0n) is 20.6. The molecule has 5 rings (SSSR count). The van der Waals surface area contributed by atoms with Gasteiger partial charge < -0.3 is 26.1 Å². The quantitative estimate of drug-likeness (QED) is 0.275. The number of fused-ring (bicyclic) bond motifs is 1. The van der Waals surface area contributed by atoms with Crippen molar-refractivity contribution >= 4 is 34.4 Å². The number of hydrogen-bond acceptors (Lipinski definition) is 8. The Kier molecular flexibility index (Phi) is 6.55. The predicted molar refractivity (Wildman–Crippen MR) is 141 cm³/mol. The number of nitrogen functional groups attached to an aromatic ring is 1. The highest BCUT2D eigenvalue weighted by atomic mass is 16.4. The van der Waals surface area contributed by atoms with Crippen LogP contribution in [0.3, 0.4) is 0 Å². The molecule has 1 aliphatic carbocycles. The Balaban J connectivity index is 1.38. The van der Waals surface area contributed by atoms with Gasteiger partial charge in [0.15, 0.2) is 5.58 Å². The van der Waals surface area contributed by atoms with Crippen LogP contribution in [0, 0.1) is 13.8 Å². The van der Waals surface area contributed by atoms with E-state index in [1.54, 1.807) is 0 Å². The lowest BCUT2D eigenvalue weighted by atomic mass is 9.94. The minimum absolute atomic E-state index is 0.147. The molecule has 4 aromatic rings. The molecule has 8 nitrogen and oxygen atoms in total. The largest absolute Gasteiger partial charge is 0.423 e. The molecule has 2 heterocycles. The van der Waals surface area contributed by atoms with Crippen LogP contribution in [0.2, 0.25) is 0 Å². The van der Waals surface area contributed by atoms with Crippen LogP contribution in [0.1, 0.15) is 60.4 Å². The fourth-order valence-corrected chi connectivity index (χ4v) is 5.04. The number of nitrogens with one attached hydrogen (secondary N) is 3. The molecule has 1 aliphatic rings. The standard InChI is InChI=1S/C27H33N7O/c1-16-13-17(2)24-21(14-16)34-27(35-24)33-20-11-9-18(10-12-20)23(29-3)22-25(28)30-15-31-26(22)32-19-7-5-4-6-8-19/h9-15,19,23,29H,4-8H2,1-3H3,(H,33,34)(H3,28,30,31,32). The zero-order chi connectivity index (χ0) is 24.4. The molecule has 8 heteroatoms. The van der Waals surface area contributed by atoms with Gasteiger partial charge in [-0.05, 0) is 68.6 Å². The SMILES string of the molecule is CNC(c1ccc(Nc2nc3cc(C)cc(C)c3o2)cc1)c1c(N)ncnc1NC1CCCCC1. The second kappa shape index (κ2) is 9.92. The molecule has 1 unspecified atom stereocenters. The van der Waals surface area contributed by atoms with E-state index in [0.29, 0.717) is 17.9 Å². The maximum absolute atomic E-state index is 6.37. The number of rotatable bonds is 7. The molecule has 1 fully saturated rings. The summed E-state index contributed by atoms with van der Waals surface area (Å²) in [7, 11) is 1.93. The summed E-state index contributed by atoms with van der Waals surface area (Å²) >= 11 is 0. The molecule has 0 amide bonds. The van der Waals surface area contributed by atoms with Gasteiger partial charge in [0.2, 0.25) is 0 Å². The van der Waals surface area contributed by atoms with Crippen LogP contribution < -0.4 is 21.7 Å². The van der Waals surface area contributed by atoms with Crippen LogP contribution in [-0.2, 0) is 0 Å². The third kappa shape index (κ3) is 4.93. The van der Waals surface area contributed by atoms with Crippen LogP contribution in [0.4, 0.5) is 23.3 Å². The van der Waals surface area contributed by atoms with Crippen molar-refractivity contribution in [3.8, 4) is 0 Å². The Bertz CT molecular complexity index is 1310. The first-order chi connectivity index (χ1) is 17.0. The van der Waals surface area contributed by atoms with Crippen molar-refractivity contribution in [2.24, 2.45) is 0 Å². The fraction of sp³-hybridized carbons (Fsp3) is 0.370. The van der Waals surface area contributed by atoms with Gasteiger partial charge in [-0.25, -0.2) is 9.97 Å². The average molecular weight is 472 g/mol. The Labute approximate surface area is 205 Å². The van der Waals surface area contributed by atoms with Crippen molar-refractivity contribution in [2.45, 2.75) is 58.0 Å². The summed E-state index contributed by atoms with van der Waals surface area (Å²) in [4.78, 5) is 13.4. The molecule has 2 aromatic carbocycles. The van der Waals surface area contributed by atoms with Crippen molar-refractivity contribution in [1.29, 1.82) is 0 Å². The maximum Gasteiger partial charge on any atom is 0.300 e. The summed E-state index contributed by atoms with van der Waals surface area (Å²) in [5.41, 5.74) is 13.1. The first-order valence-corrected chi connectivity index (χ1v) is 12.3. The molecular weight excluding hydrogens is 438 g/mol. The predicted octanol–water partition coefficient (Wildman–Crippen LogP) is 5.61. The maximum atomic E-state index is 6.37. The van der Waals surface area contributed by atoms with E-state index < -0.39 is 0 Å². The van der Waals surface area contributed by atoms with Crippen molar-refractivity contribution in [3.05, 3.63) is 65.0 Å². The van der Waals surface area contributed by atoms with E-state index in [-0.39, 0.29) is 6.04 Å². The third-order valence-electron chi connectivity index (χ3n) is 6.75. The molecule has 0 aliphatic heterocycles. The fourth-order valence-electron chi connectivity index (χ4n) is 5.04. The zero-order valence-corrected chi connectivity index (χ0v) is 20.6. The highest BCUT2D eigenvalue weighted by Gasteiger charge is 2.23. The molecule has 182 valence electrons. The molecule has 0 radical (unpaired) electrons. The van der Waals surface area contributed by atoms with E-state index in [1.807, 2.05) is 32.2 Å². The highest BCUT2D eigenvalue weighted by molar-refractivity contribution is 5.79. The summed E-state index contributed by atoms with van der Waals surface area (Å²) in [5, 5.41) is 10.3. The second-order valence-corrected chi connectivity index (χ2v) is 9.42. The average Bonchev–Trinajstić information content (AvgIpc) is 3.25. The van der Waals surface area contributed by atoms with E-state index in [9.17, 15) is 0 Å². The molecule has 2 aromatic heterocycles. The first kappa shape index (κ1) is 23.1. The van der Waals surface area contributed by atoms with Crippen LogP contribution in [0.5, 0.6) is 0 Å². The summed E-state index contributed by atoms with van der Waals surface area (Å²) in [6.45, 7) is 4.10. The summed E-state index contributed by atoms with van der Waals surface area (Å²) in [6, 6.07) is 13.0. The lowest BCUT2D eigenvalue weighted by molar-refractivity contribution is 0.461. The lowest BCUT2D eigenvalue weighted by Crippen LogP contribution is -2.27. The van der Waals surface area contributed by atoms with Crippen molar-refractivity contribution in [3.63, 3.8) is 0 Å². The molecule has 0 bridgehead atoms. The topological polar surface area (TPSA) is 114 Å². The number of anilines is 4. The summed E-state index contributed by atoms with van der Waals surface area (Å²) < 4.78 is 5.95. The molecule has 1 saturated carbocycles. The van der Waals surface area contributed by atoms with Crippen LogP contribution in [0.25, 0.3) is 11.1 Å². The third-order valence-corrected chi connectivity index (χ3v) is 6.75. The smallest absolute Gasteiger partial charge is 0.300 e. The van der Waals surface area contributed by atoms with Gasteiger partial charge in [0.05, 0.1) is 11.6 Å². The van der Waals surface area contributed by atoms with Gasteiger partial charge in [0, 0.05) is 11.7 Å². The van der Waals surface area contributed by atoms with Gasteiger partial charge in [0.1, 0.15) is 23.5 Å². The molecule has 5 N–H and O–H groups in total. The molecule has 0 saturated heterocycles. The number of oxazole rings is 1. The van der Waals surface area contributed by atoms with Gasteiger partial charge in [-0.3, -0.25) is 0 Å². The minimum atomic E-state index is -0.147. The van der Waals surface area contributed by atoms with E-state index in [2.05, 4.69) is 56.0 Å². The van der Waals surface area contributed by atoms with E-state index >= 15 is 0 Å². The minimum Gasteiger partial charge on any atom is -0.423 e. The van der Waals surface area contributed by atoms with E-state index in [1.165, 1.54) is 31.2 Å². The summed E-state index contributed by atoms with van der Waals surface area (Å²) in [5.74, 6) is 1.29. The van der Waals surface area contributed by atoms with Crippen molar-refractivity contribution in [1.82, 2.24) is 20.3 Å². The monoisotopic (exact) mass is 471 g/mol. The van der Waals surface area contributed by atoms with E-state index in [4.69, 9.17) is 10.2 Å². The van der Waals surface area contributed by atoms with Crippen LogP contribution >= 0.6 is 0 Å². The normalized spacial score (nSPS) is 15.3. The van der Waals surface area contributed by atoms with Crippen molar-refractivity contribution < 1.29 is 4.42 Å². The molecule has 0 spiro atoms. The van der Waals surface area contributed by atoms with Gasteiger partial charge in [-0.15, -0.1) is 0 Å². The summed E-state index contributed by atoms with van der Waals surface area (Å²) in [6.07, 6.45) is 7.64.